The molecule has 0 unspecified atom stereocenters. The summed E-state index contributed by atoms with van der Waals surface area (Å²) in [6.45, 7) is 1.80. The highest BCUT2D eigenvalue weighted by Gasteiger charge is 2.07. The van der Waals surface area contributed by atoms with E-state index in [9.17, 15) is 4.79 Å². The van der Waals surface area contributed by atoms with Crippen LogP contribution in [0.25, 0.3) is 11.1 Å². The number of H-pyrrole nitrogens is 1. The standard InChI is InChI=1S/C13H9ClN2O/c1-8-12(6-10(7-15)13(17)16-8)9-2-4-11(14)5-3-9/h2-6H,1H3,(H,16,17). The SMILES string of the molecule is Cc1[nH]c(=O)c(C#N)cc1-c1ccc(Cl)cc1. The summed E-state index contributed by atoms with van der Waals surface area (Å²) < 4.78 is 0. The van der Waals surface area contributed by atoms with Crippen molar-refractivity contribution in [2.24, 2.45) is 0 Å². The van der Waals surface area contributed by atoms with E-state index in [1.807, 2.05) is 18.2 Å². The molecule has 4 heteroatoms. The lowest BCUT2D eigenvalue weighted by atomic mass is 10.0. The molecule has 1 aromatic heterocycles. The maximum Gasteiger partial charge on any atom is 0.266 e. The molecule has 0 bridgehead atoms. The minimum atomic E-state index is -0.359. The number of halogens is 1. The lowest BCUT2D eigenvalue weighted by Gasteiger charge is -2.06. The first-order valence-electron chi connectivity index (χ1n) is 5.02. The van der Waals surface area contributed by atoms with Crippen LogP contribution in [0.15, 0.2) is 35.1 Å². The molecule has 0 saturated heterocycles. The van der Waals surface area contributed by atoms with Gasteiger partial charge in [0.15, 0.2) is 0 Å². The van der Waals surface area contributed by atoms with Crippen LogP contribution in [0.4, 0.5) is 0 Å². The van der Waals surface area contributed by atoms with E-state index in [1.54, 1.807) is 25.1 Å². The highest BCUT2D eigenvalue weighted by molar-refractivity contribution is 6.30. The quantitative estimate of drug-likeness (QED) is 0.839. The Hall–Kier alpha value is -2.05. The number of hydrogen-bond donors (Lipinski definition) is 1. The number of hydrogen-bond acceptors (Lipinski definition) is 2. The van der Waals surface area contributed by atoms with Gasteiger partial charge in [0.1, 0.15) is 11.6 Å². The molecule has 3 nitrogen and oxygen atoms in total. The van der Waals surface area contributed by atoms with Crippen LogP contribution >= 0.6 is 11.6 Å². The molecule has 17 heavy (non-hydrogen) atoms. The van der Waals surface area contributed by atoms with E-state index < -0.39 is 0 Å². The Balaban J connectivity index is 2.64. The molecule has 1 heterocycles. The summed E-state index contributed by atoms with van der Waals surface area (Å²) in [5.74, 6) is 0. The molecule has 0 aliphatic rings. The lowest BCUT2D eigenvalue weighted by Crippen LogP contribution is -2.11. The van der Waals surface area contributed by atoms with Gasteiger partial charge in [0.25, 0.3) is 5.56 Å². The fourth-order valence-corrected chi connectivity index (χ4v) is 1.76. The van der Waals surface area contributed by atoms with Crippen molar-refractivity contribution in [3.8, 4) is 17.2 Å². The molecular weight excluding hydrogens is 236 g/mol. The molecule has 1 aromatic carbocycles. The Morgan fingerprint density at radius 1 is 1.29 bits per heavy atom. The zero-order chi connectivity index (χ0) is 12.4. The van der Waals surface area contributed by atoms with Crippen molar-refractivity contribution in [2.45, 2.75) is 6.92 Å². The largest absolute Gasteiger partial charge is 0.325 e. The highest BCUT2D eigenvalue weighted by Crippen LogP contribution is 2.23. The van der Waals surface area contributed by atoms with Gasteiger partial charge in [0.05, 0.1) is 0 Å². The van der Waals surface area contributed by atoms with Gasteiger partial charge < -0.3 is 4.98 Å². The third-order valence-corrected chi connectivity index (χ3v) is 2.77. The van der Waals surface area contributed by atoms with Crippen molar-refractivity contribution in [1.82, 2.24) is 4.98 Å². The second-order valence-electron chi connectivity index (χ2n) is 3.67. The summed E-state index contributed by atoms with van der Waals surface area (Å²) in [6, 6.07) is 10.7. The van der Waals surface area contributed by atoms with Crippen molar-refractivity contribution in [3.63, 3.8) is 0 Å². The number of aromatic nitrogens is 1. The molecule has 0 aliphatic carbocycles. The predicted molar refractivity (Wildman–Crippen MR) is 67.0 cm³/mol. The van der Waals surface area contributed by atoms with E-state index in [0.29, 0.717) is 5.02 Å². The minimum Gasteiger partial charge on any atom is -0.325 e. The normalized spacial score (nSPS) is 9.94. The predicted octanol–water partition coefficient (Wildman–Crippen LogP) is 2.88. The van der Waals surface area contributed by atoms with E-state index >= 15 is 0 Å². The van der Waals surface area contributed by atoms with Gasteiger partial charge in [-0.05, 0) is 30.7 Å². The second-order valence-corrected chi connectivity index (χ2v) is 4.11. The fourth-order valence-electron chi connectivity index (χ4n) is 1.64. The Kier molecular flexibility index (Phi) is 2.99. The number of rotatable bonds is 1. The van der Waals surface area contributed by atoms with Gasteiger partial charge in [-0.15, -0.1) is 0 Å². The topological polar surface area (TPSA) is 56.6 Å². The summed E-state index contributed by atoms with van der Waals surface area (Å²) in [6.07, 6.45) is 0. The monoisotopic (exact) mass is 244 g/mol. The third-order valence-electron chi connectivity index (χ3n) is 2.51. The van der Waals surface area contributed by atoms with Crippen molar-refractivity contribution in [1.29, 1.82) is 5.26 Å². The number of pyridine rings is 1. The Bertz CT molecular complexity index is 651. The van der Waals surface area contributed by atoms with Gasteiger partial charge in [0, 0.05) is 16.3 Å². The second kappa shape index (κ2) is 4.44. The van der Waals surface area contributed by atoms with Gasteiger partial charge in [-0.3, -0.25) is 4.79 Å². The van der Waals surface area contributed by atoms with Crippen LogP contribution in [0.2, 0.25) is 5.02 Å². The summed E-state index contributed by atoms with van der Waals surface area (Å²) in [5, 5.41) is 9.48. The molecule has 2 aromatic rings. The first kappa shape index (κ1) is 11.4. The number of nitrogens with one attached hydrogen (secondary N) is 1. The molecule has 0 amide bonds. The van der Waals surface area contributed by atoms with Crippen molar-refractivity contribution in [2.75, 3.05) is 0 Å². The van der Waals surface area contributed by atoms with Gasteiger partial charge in [-0.25, -0.2) is 0 Å². The zero-order valence-corrected chi connectivity index (χ0v) is 9.88. The molecular formula is C13H9ClN2O. The smallest absolute Gasteiger partial charge is 0.266 e. The summed E-state index contributed by atoms with van der Waals surface area (Å²) in [5.41, 5.74) is 2.23. The first-order chi connectivity index (χ1) is 8.11. The Morgan fingerprint density at radius 2 is 1.94 bits per heavy atom. The van der Waals surface area contributed by atoms with E-state index in [4.69, 9.17) is 16.9 Å². The summed E-state index contributed by atoms with van der Waals surface area (Å²) in [7, 11) is 0. The molecule has 0 saturated carbocycles. The maximum absolute atomic E-state index is 11.4. The van der Waals surface area contributed by atoms with Crippen LogP contribution < -0.4 is 5.56 Å². The van der Waals surface area contributed by atoms with Crippen molar-refractivity contribution in [3.05, 3.63) is 57.0 Å². The van der Waals surface area contributed by atoms with E-state index in [2.05, 4.69) is 4.98 Å². The summed E-state index contributed by atoms with van der Waals surface area (Å²) in [4.78, 5) is 14.1. The average Bonchev–Trinajstić information content (AvgIpc) is 2.31. The zero-order valence-electron chi connectivity index (χ0n) is 9.12. The Morgan fingerprint density at radius 3 is 2.53 bits per heavy atom. The van der Waals surface area contributed by atoms with Gasteiger partial charge >= 0.3 is 0 Å². The molecule has 0 radical (unpaired) electrons. The van der Waals surface area contributed by atoms with Crippen LogP contribution in [-0.4, -0.2) is 4.98 Å². The van der Waals surface area contributed by atoms with Crippen molar-refractivity contribution < 1.29 is 0 Å². The maximum atomic E-state index is 11.4. The van der Waals surface area contributed by atoms with Crippen LogP contribution in [0.3, 0.4) is 0 Å². The summed E-state index contributed by atoms with van der Waals surface area (Å²) >= 11 is 5.81. The molecule has 0 atom stereocenters. The number of aryl methyl sites for hydroxylation is 1. The van der Waals surface area contributed by atoms with E-state index in [-0.39, 0.29) is 11.1 Å². The number of nitrogens with zero attached hydrogens (tertiary/aromatic N) is 1. The van der Waals surface area contributed by atoms with Crippen LogP contribution in [0, 0.1) is 18.3 Å². The van der Waals surface area contributed by atoms with Gasteiger partial charge in [0.2, 0.25) is 0 Å². The van der Waals surface area contributed by atoms with Crippen LogP contribution in [-0.2, 0) is 0 Å². The lowest BCUT2D eigenvalue weighted by molar-refractivity contribution is 1.13. The van der Waals surface area contributed by atoms with Crippen molar-refractivity contribution >= 4 is 11.6 Å². The molecule has 2 rings (SSSR count). The molecule has 1 N–H and O–H groups in total. The number of nitriles is 1. The average molecular weight is 245 g/mol. The van der Waals surface area contributed by atoms with Gasteiger partial charge in [-0.1, -0.05) is 23.7 Å². The Labute approximate surface area is 103 Å². The fraction of sp³-hybridized carbons (Fsp3) is 0.0769. The highest BCUT2D eigenvalue weighted by atomic mass is 35.5. The van der Waals surface area contributed by atoms with E-state index in [0.717, 1.165) is 16.8 Å². The minimum absolute atomic E-state index is 0.112. The van der Waals surface area contributed by atoms with Crippen LogP contribution in [0.5, 0.6) is 0 Å². The molecule has 0 aliphatic heterocycles. The van der Waals surface area contributed by atoms with E-state index in [1.165, 1.54) is 0 Å². The van der Waals surface area contributed by atoms with Crippen LogP contribution in [0.1, 0.15) is 11.3 Å². The number of benzene rings is 1. The third kappa shape index (κ3) is 2.22. The molecule has 84 valence electrons. The van der Waals surface area contributed by atoms with Gasteiger partial charge in [-0.2, -0.15) is 5.26 Å². The molecule has 0 spiro atoms. The number of aromatic amines is 1. The first-order valence-corrected chi connectivity index (χ1v) is 5.39. The molecule has 0 fully saturated rings.